The fourth-order valence-corrected chi connectivity index (χ4v) is 10.0. The highest BCUT2D eigenvalue weighted by Crippen LogP contribution is 2.38. The van der Waals surface area contributed by atoms with Crippen LogP contribution in [0, 0.1) is 17.8 Å². The van der Waals surface area contributed by atoms with E-state index in [0.29, 0.717) is 25.7 Å². The SMILES string of the molecule is CCCCC[C@H]1CCCCCCCCCC(=O)O[C@@H]2[C@@H](O[C@@H]3O[C@H](C)[C@@H](OC(=O)[C@H](C)[C@H](C)O)[C@H](O)[C@H]3O)[C@H](C)O[C@@H](O[C@H]3[C@H](O[C@H]4[C@H](O1)O[C@H](C)[C@@H](O)[C@@H]4O)O[C@H](COC(=O)[C@H](C)[C@H](C)O)[C@@H](O)[C@@H]3O)[C@@H]2OC(=O)[C@H](C)CC. The Labute approximate surface area is 464 Å². The normalized spacial score (nSPS) is 40.5. The quantitative estimate of drug-likeness (QED) is 0.0623. The zero-order chi connectivity index (χ0) is 58.4. The van der Waals surface area contributed by atoms with Crippen molar-refractivity contribution in [1.82, 2.24) is 0 Å². The second-order valence-corrected chi connectivity index (χ2v) is 22.4. The molecule has 0 aromatic rings. The number of rotatable bonds is 16. The molecule has 0 aromatic heterocycles. The van der Waals surface area contributed by atoms with Crippen LogP contribution in [-0.2, 0) is 76.0 Å². The first-order valence-corrected chi connectivity index (χ1v) is 28.9. The Morgan fingerprint density at radius 3 is 1.75 bits per heavy atom. The van der Waals surface area contributed by atoms with Crippen LogP contribution in [0.4, 0.5) is 0 Å². The first-order valence-electron chi connectivity index (χ1n) is 28.9. The highest BCUT2D eigenvalue weighted by atomic mass is 16.8. The average Bonchev–Trinajstić information content (AvgIpc) is 3.47. The number of hydrogen-bond acceptors (Lipinski definition) is 24. The third-order valence-electron chi connectivity index (χ3n) is 16.0. The van der Waals surface area contributed by atoms with Gasteiger partial charge in [0, 0.05) is 6.42 Å². The maximum Gasteiger partial charge on any atom is 0.311 e. The summed E-state index contributed by atoms with van der Waals surface area (Å²) in [5, 5.41) is 90.1. The molecule has 0 aromatic carbocycles. The lowest BCUT2D eigenvalue weighted by atomic mass is 9.95. The number of hydrogen-bond donors (Lipinski definition) is 8. The Kier molecular flexibility index (Phi) is 27.0. The van der Waals surface area contributed by atoms with Crippen LogP contribution in [0.25, 0.3) is 0 Å². The zero-order valence-electron chi connectivity index (χ0n) is 47.7. The molecular formula is C55H94O24. The summed E-state index contributed by atoms with van der Waals surface area (Å²) in [6, 6.07) is 0. The lowest BCUT2D eigenvalue weighted by Gasteiger charge is -2.50. The molecule has 26 atom stereocenters. The Morgan fingerprint density at radius 1 is 0.557 bits per heavy atom. The van der Waals surface area contributed by atoms with E-state index in [1.54, 1.807) is 20.8 Å². The summed E-state index contributed by atoms with van der Waals surface area (Å²) in [6.45, 7) is 14.9. The van der Waals surface area contributed by atoms with Gasteiger partial charge in [-0.3, -0.25) is 19.2 Å². The summed E-state index contributed by atoms with van der Waals surface area (Å²) in [5.41, 5.74) is 0. The van der Waals surface area contributed by atoms with Crippen molar-refractivity contribution >= 4 is 23.9 Å². The minimum absolute atomic E-state index is 0.0836. The highest BCUT2D eigenvalue weighted by Gasteiger charge is 2.58. The maximum atomic E-state index is 14.1. The van der Waals surface area contributed by atoms with E-state index in [2.05, 4.69) is 6.92 Å². The van der Waals surface area contributed by atoms with Crippen molar-refractivity contribution in [3.05, 3.63) is 0 Å². The molecule has 0 amide bonds. The van der Waals surface area contributed by atoms with Crippen molar-refractivity contribution in [2.45, 2.75) is 300 Å². The largest absolute Gasteiger partial charge is 0.463 e. The zero-order valence-corrected chi connectivity index (χ0v) is 47.7. The predicted molar refractivity (Wildman–Crippen MR) is 275 cm³/mol. The van der Waals surface area contributed by atoms with E-state index in [-0.39, 0.29) is 18.9 Å². The van der Waals surface area contributed by atoms with E-state index in [0.717, 1.165) is 51.4 Å². The van der Waals surface area contributed by atoms with E-state index in [9.17, 15) is 60.0 Å². The van der Waals surface area contributed by atoms with Gasteiger partial charge in [-0.1, -0.05) is 78.6 Å². The summed E-state index contributed by atoms with van der Waals surface area (Å²) < 4.78 is 74.4. The van der Waals surface area contributed by atoms with Gasteiger partial charge >= 0.3 is 23.9 Å². The minimum atomic E-state index is -2.03. The van der Waals surface area contributed by atoms with Crippen LogP contribution in [0.1, 0.15) is 159 Å². The predicted octanol–water partition coefficient (Wildman–Crippen LogP) is 2.12. The second kappa shape index (κ2) is 31.8. The molecule has 79 heavy (non-hydrogen) atoms. The standard InChI is InChI=1S/C55H94O24/c1-11-13-19-22-34-23-20-17-15-14-16-18-21-24-36(58)74-47-44(77-52-42(64)41(63)43(32(9)70-52)75-51(67)28(5)30(7)57)33(10)71-55(48(47)76-49(65)26(3)12-2)79-46-40(62)38(60)35(25-68-50(66)27(4)29(6)56)73-54(46)78-45-39(61)37(59)31(8)69-53(45)72-34/h26-35,37-48,52-57,59-64H,11-25H2,1-10H3/t26-,27-,28-,29+,30+,31-,32-,33+,34+,35-,37-,38-,39+,40+,41-,42-,43-,44+,45-,46-,47-,48-,52+,53+,54+,55+/m1/s1. The molecule has 458 valence electrons. The molecule has 0 radical (unpaired) electrons. The van der Waals surface area contributed by atoms with Crippen LogP contribution in [-0.4, -0.2) is 212 Å². The summed E-state index contributed by atoms with van der Waals surface area (Å²) in [5.74, 6) is -6.02. The number of carbonyl (C=O) groups excluding carboxylic acids is 4. The van der Waals surface area contributed by atoms with Crippen molar-refractivity contribution in [1.29, 1.82) is 0 Å². The molecule has 0 aliphatic carbocycles. The number of aliphatic hydroxyl groups excluding tert-OH is 8. The minimum Gasteiger partial charge on any atom is -0.463 e. The third kappa shape index (κ3) is 18.1. The van der Waals surface area contributed by atoms with Gasteiger partial charge in [-0.15, -0.1) is 0 Å². The first kappa shape index (κ1) is 67.0. The number of aliphatic hydroxyl groups is 8. The summed E-state index contributed by atoms with van der Waals surface area (Å²) in [7, 11) is 0. The lowest BCUT2D eigenvalue weighted by molar-refractivity contribution is -0.399. The third-order valence-corrected chi connectivity index (χ3v) is 16.0. The molecule has 0 unspecified atom stereocenters. The van der Waals surface area contributed by atoms with E-state index in [4.69, 9.17) is 56.8 Å². The number of esters is 4. The van der Waals surface area contributed by atoms with E-state index in [1.807, 2.05) is 0 Å². The van der Waals surface area contributed by atoms with E-state index in [1.165, 1.54) is 41.5 Å². The van der Waals surface area contributed by atoms with Crippen molar-refractivity contribution in [3.8, 4) is 0 Å². The second-order valence-electron chi connectivity index (χ2n) is 22.4. The van der Waals surface area contributed by atoms with Crippen LogP contribution in [0.5, 0.6) is 0 Å². The fraction of sp³-hybridized carbons (Fsp3) is 0.927. The number of fused-ring (bicyclic) bond motifs is 4. The molecule has 5 fully saturated rings. The lowest BCUT2D eigenvalue weighted by Crippen LogP contribution is -2.68. The van der Waals surface area contributed by atoms with Crippen LogP contribution >= 0.6 is 0 Å². The smallest absolute Gasteiger partial charge is 0.311 e. The van der Waals surface area contributed by atoms with E-state index >= 15 is 0 Å². The maximum absolute atomic E-state index is 14.1. The van der Waals surface area contributed by atoms with Gasteiger partial charge in [0.25, 0.3) is 0 Å². The molecule has 5 rings (SSSR count). The Balaban J connectivity index is 1.58. The van der Waals surface area contributed by atoms with E-state index < -0.39 is 183 Å². The summed E-state index contributed by atoms with van der Waals surface area (Å²) in [4.78, 5) is 53.9. The van der Waals surface area contributed by atoms with Gasteiger partial charge in [0.1, 0.15) is 67.6 Å². The van der Waals surface area contributed by atoms with Gasteiger partial charge in [-0.2, -0.15) is 0 Å². The molecule has 0 spiro atoms. The molecule has 24 nitrogen and oxygen atoms in total. The van der Waals surface area contributed by atoms with Crippen molar-refractivity contribution in [3.63, 3.8) is 0 Å². The van der Waals surface area contributed by atoms with Gasteiger partial charge in [0.15, 0.2) is 43.5 Å². The number of carbonyl (C=O) groups is 4. The van der Waals surface area contributed by atoms with Gasteiger partial charge < -0.3 is 97.7 Å². The van der Waals surface area contributed by atoms with Crippen molar-refractivity contribution in [2.24, 2.45) is 17.8 Å². The van der Waals surface area contributed by atoms with Crippen molar-refractivity contribution in [2.75, 3.05) is 6.61 Å². The highest BCUT2D eigenvalue weighted by molar-refractivity contribution is 5.73. The topological polar surface area (TPSA) is 341 Å². The first-order chi connectivity index (χ1) is 37.4. The molecule has 2 bridgehead atoms. The Bertz CT molecular complexity index is 1860. The van der Waals surface area contributed by atoms with Crippen LogP contribution in [0.2, 0.25) is 0 Å². The van der Waals surface area contributed by atoms with Crippen LogP contribution in [0.15, 0.2) is 0 Å². The molecular weight excluding hydrogens is 1040 g/mol. The number of unbranched alkanes of at least 4 members (excludes halogenated alkanes) is 2. The number of ether oxygens (including phenoxy) is 12. The molecule has 5 aliphatic rings. The van der Waals surface area contributed by atoms with Gasteiger partial charge in [0.2, 0.25) is 0 Å². The fourth-order valence-electron chi connectivity index (χ4n) is 10.0. The molecule has 5 aliphatic heterocycles. The van der Waals surface area contributed by atoms with Gasteiger partial charge in [-0.05, 0) is 74.1 Å². The van der Waals surface area contributed by atoms with Crippen LogP contribution < -0.4 is 0 Å². The summed E-state index contributed by atoms with van der Waals surface area (Å²) in [6.07, 6.45) is -25.5. The molecule has 0 saturated carbocycles. The average molecular weight is 1140 g/mol. The molecule has 8 N–H and O–H groups in total. The Hall–Kier alpha value is -2.76. The van der Waals surface area contributed by atoms with Gasteiger partial charge in [0.05, 0.1) is 54.4 Å². The molecule has 5 saturated heterocycles. The Morgan fingerprint density at radius 2 is 1.11 bits per heavy atom. The summed E-state index contributed by atoms with van der Waals surface area (Å²) >= 11 is 0. The molecule has 5 heterocycles. The van der Waals surface area contributed by atoms with Crippen LogP contribution in [0.3, 0.4) is 0 Å². The monoisotopic (exact) mass is 1140 g/mol. The van der Waals surface area contributed by atoms with Crippen molar-refractivity contribution < 1.29 is 117 Å². The molecule has 24 heteroatoms. The van der Waals surface area contributed by atoms with Gasteiger partial charge in [-0.25, -0.2) is 0 Å².